The second kappa shape index (κ2) is 7.78. The molecule has 3 N–H and O–H groups in total. The number of hydrogen-bond donors (Lipinski definition) is 3. The van der Waals surface area contributed by atoms with Crippen LogP contribution >= 0.6 is 0 Å². The van der Waals surface area contributed by atoms with Crippen molar-refractivity contribution < 1.29 is 14.7 Å². The highest BCUT2D eigenvalue weighted by Crippen LogP contribution is 2.13. The Kier molecular flexibility index (Phi) is 6.37. The zero-order valence-corrected chi connectivity index (χ0v) is 12.8. The summed E-state index contributed by atoms with van der Waals surface area (Å²) in [6.07, 6.45) is 1.21. The minimum Gasteiger partial charge on any atom is -0.480 e. The quantitative estimate of drug-likeness (QED) is 0.685. The molecule has 0 aliphatic rings. The van der Waals surface area contributed by atoms with Crippen molar-refractivity contribution in [2.24, 2.45) is 0 Å². The summed E-state index contributed by atoms with van der Waals surface area (Å²) in [5.74, 6) is -1.15. The normalized spacial score (nSPS) is 15.0. The molecule has 21 heavy (non-hydrogen) atoms. The number of carbonyl (C=O) groups is 2. The van der Waals surface area contributed by atoms with Gasteiger partial charge in [-0.2, -0.15) is 0 Å². The number of hydrogen-bond acceptors (Lipinski definition) is 3. The Balaban J connectivity index is 2.52. The molecule has 0 heterocycles. The van der Waals surface area contributed by atoms with Crippen LogP contribution in [0, 0.1) is 0 Å². The molecule has 0 bridgehead atoms. The first-order valence-electron chi connectivity index (χ1n) is 7.22. The maximum atomic E-state index is 11.9. The van der Waals surface area contributed by atoms with Crippen LogP contribution in [0.5, 0.6) is 0 Å². The first-order chi connectivity index (χ1) is 9.89. The molecule has 0 radical (unpaired) electrons. The van der Waals surface area contributed by atoms with E-state index in [4.69, 9.17) is 0 Å². The van der Waals surface area contributed by atoms with E-state index in [1.54, 1.807) is 6.92 Å². The third kappa shape index (κ3) is 5.19. The topological polar surface area (TPSA) is 78.4 Å². The summed E-state index contributed by atoms with van der Waals surface area (Å²) in [6, 6.07) is 9.52. The van der Waals surface area contributed by atoms with Crippen LogP contribution in [-0.2, 0) is 9.59 Å². The highest BCUT2D eigenvalue weighted by Gasteiger charge is 2.32. The van der Waals surface area contributed by atoms with Crippen LogP contribution in [-0.4, -0.2) is 29.1 Å². The molecule has 0 saturated carbocycles. The van der Waals surface area contributed by atoms with E-state index in [9.17, 15) is 14.7 Å². The zero-order valence-electron chi connectivity index (χ0n) is 12.8. The molecule has 1 aromatic carbocycles. The molecule has 1 rings (SSSR count). The minimum absolute atomic E-state index is 0.0139. The second-order valence-corrected chi connectivity index (χ2v) is 5.44. The van der Waals surface area contributed by atoms with Crippen molar-refractivity contribution >= 4 is 11.9 Å². The lowest BCUT2D eigenvalue weighted by atomic mass is 9.96. The summed E-state index contributed by atoms with van der Waals surface area (Å²) in [5.41, 5.74) is -0.0531. The van der Waals surface area contributed by atoms with Gasteiger partial charge in [0.15, 0.2) is 0 Å². The standard InChI is InChI=1S/C16H24N2O3/c1-4-10-16(3,15(20)21)17-11-14(19)18-12(2)13-8-6-5-7-9-13/h5-9,12,17H,4,10-11H2,1-3H3,(H,18,19)(H,20,21). The Morgan fingerprint density at radius 2 is 1.90 bits per heavy atom. The van der Waals surface area contributed by atoms with Gasteiger partial charge in [-0.1, -0.05) is 43.7 Å². The molecule has 116 valence electrons. The number of aliphatic carboxylic acids is 1. The number of rotatable bonds is 8. The van der Waals surface area contributed by atoms with E-state index in [1.807, 2.05) is 44.2 Å². The number of carboxylic acids is 1. The van der Waals surface area contributed by atoms with Gasteiger partial charge in [-0.15, -0.1) is 0 Å². The number of carboxylic acid groups (broad SMARTS) is 1. The Morgan fingerprint density at radius 1 is 1.29 bits per heavy atom. The van der Waals surface area contributed by atoms with Crippen LogP contribution in [0.2, 0.25) is 0 Å². The van der Waals surface area contributed by atoms with E-state index >= 15 is 0 Å². The Morgan fingerprint density at radius 3 is 2.43 bits per heavy atom. The Labute approximate surface area is 125 Å². The summed E-state index contributed by atoms with van der Waals surface area (Å²) < 4.78 is 0. The molecule has 2 unspecified atom stereocenters. The molecule has 0 aliphatic heterocycles. The maximum absolute atomic E-state index is 11.9. The van der Waals surface area contributed by atoms with Gasteiger partial charge >= 0.3 is 5.97 Å². The number of carbonyl (C=O) groups excluding carboxylic acids is 1. The first-order valence-corrected chi connectivity index (χ1v) is 7.22. The van der Waals surface area contributed by atoms with Crippen LogP contribution in [0.15, 0.2) is 30.3 Å². The molecule has 0 fully saturated rings. The van der Waals surface area contributed by atoms with Crippen LogP contribution in [0.1, 0.15) is 45.2 Å². The average molecular weight is 292 g/mol. The molecular formula is C16H24N2O3. The first kappa shape index (κ1) is 17.2. The van der Waals surface area contributed by atoms with Crippen molar-refractivity contribution in [2.45, 2.75) is 45.2 Å². The Hall–Kier alpha value is -1.88. The Bertz CT molecular complexity index is 476. The molecule has 1 aromatic rings. The van der Waals surface area contributed by atoms with Gasteiger partial charge in [-0.25, -0.2) is 0 Å². The van der Waals surface area contributed by atoms with Gasteiger partial charge in [-0.3, -0.25) is 14.9 Å². The number of nitrogens with one attached hydrogen (secondary N) is 2. The average Bonchev–Trinajstić information content (AvgIpc) is 2.46. The lowest BCUT2D eigenvalue weighted by molar-refractivity contribution is -0.144. The maximum Gasteiger partial charge on any atom is 0.323 e. The summed E-state index contributed by atoms with van der Waals surface area (Å²) in [6.45, 7) is 5.41. The lowest BCUT2D eigenvalue weighted by Gasteiger charge is -2.26. The molecule has 2 atom stereocenters. The lowest BCUT2D eigenvalue weighted by Crippen LogP contribution is -2.52. The van der Waals surface area contributed by atoms with E-state index in [-0.39, 0.29) is 18.5 Å². The molecule has 0 spiro atoms. The van der Waals surface area contributed by atoms with E-state index in [0.29, 0.717) is 6.42 Å². The number of amides is 1. The molecule has 0 aliphatic carbocycles. The smallest absolute Gasteiger partial charge is 0.323 e. The molecule has 1 amide bonds. The van der Waals surface area contributed by atoms with Crippen molar-refractivity contribution in [3.8, 4) is 0 Å². The second-order valence-electron chi connectivity index (χ2n) is 5.44. The predicted octanol–water partition coefficient (Wildman–Crippen LogP) is 2.10. The van der Waals surface area contributed by atoms with Crippen molar-refractivity contribution in [1.29, 1.82) is 0 Å². The summed E-state index contributed by atoms with van der Waals surface area (Å²) >= 11 is 0. The summed E-state index contributed by atoms with van der Waals surface area (Å²) in [4.78, 5) is 23.2. The van der Waals surface area contributed by atoms with Gasteiger partial charge in [0.25, 0.3) is 0 Å². The van der Waals surface area contributed by atoms with Crippen molar-refractivity contribution in [1.82, 2.24) is 10.6 Å². The summed E-state index contributed by atoms with van der Waals surface area (Å²) in [5, 5.41) is 14.9. The third-order valence-electron chi connectivity index (χ3n) is 3.54. The summed E-state index contributed by atoms with van der Waals surface area (Å²) in [7, 11) is 0. The third-order valence-corrected chi connectivity index (χ3v) is 3.54. The van der Waals surface area contributed by atoms with Gasteiger partial charge in [-0.05, 0) is 25.8 Å². The SMILES string of the molecule is CCCC(C)(NCC(=O)NC(C)c1ccccc1)C(=O)O. The van der Waals surface area contributed by atoms with Crippen molar-refractivity contribution in [3.63, 3.8) is 0 Å². The highest BCUT2D eigenvalue weighted by molar-refractivity contribution is 5.82. The van der Waals surface area contributed by atoms with Gasteiger partial charge in [0.05, 0.1) is 12.6 Å². The van der Waals surface area contributed by atoms with Crippen molar-refractivity contribution in [2.75, 3.05) is 6.54 Å². The van der Waals surface area contributed by atoms with Gasteiger partial charge in [0, 0.05) is 0 Å². The molecular weight excluding hydrogens is 268 g/mol. The molecule has 0 aromatic heterocycles. The molecule has 5 heteroatoms. The van der Waals surface area contributed by atoms with Crippen molar-refractivity contribution in [3.05, 3.63) is 35.9 Å². The zero-order chi connectivity index (χ0) is 15.9. The minimum atomic E-state index is -1.07. The predicted molar refractivity (Wildman–Crippen MR) is 82.0 cm³/mol. The monoisotopic (exact) mass is 292 g/mol. The van der Waals surface area contributed by atoms with Crippen LogP contribution in [0.25, 0.3) is 0 Å². The van der Waals surface area contributed by atoms with E-state index in [0.717, 1.165) is 12.0 Å². The van der Waals surface area contributed by atoms with Gasteiger partial charge < -0.3 is 10.4 Å². The van der Waals surface area contributed by atoms with Crippen LogP contribution < -0.4 is 10.6 Å². The highest BCUT2D eigenvalue weighted by atomic mass is 16.4. The van der Waals surface area contributed by atoms with E-state index in [1.165, 1.54) is 0 Å². The van der Waals surface area contributed by atoms with Crippen LogP contribution in [0.4, 0.5) is 0 Å². The molecule has 0 saturated heterocycles. The molecule has 5 nitrogen and oxygen atoms in total. The fraction of sp³-hybridized carbons (Fsp3) is 0.500. The van der Waals surface area contributed by atoms with E-state index in [2.05, 4.69) is 10.6 Å². The largest absolute Gasteiger partial charge is 0.480 e. The van der Waals surface area contributed by atoms with Gasteiger partial charge in [0.1, 0.15) is 5.54 Å². The van der Waals surface area contributed by atoms with Gasteiger partial charge in [0.2, 0.25) is 5.91 Å². The fourth-order valence-electron chi connectivity index (χ4n) is 2.16. The van der Waals surface area contributed by atoms with E-state index < -0.39 is 11.5 Å². The van der Waals surface area contributed by atoms with Crippen LogP contribution in [0.3, 0.4) is 0 Å². The number of benzene rings is 1. The fourth-order valence-corrected chi connectivity index (χ4v) is 2.16.